The molecule has 0 saturated carbocycles. The van der Waals surface area contributed by atoms with Crippen molar-refractivity contribution in [1.29, 1.82) is 0 Å². The summed E-state index contributed by atoms with van der Waals surface area (Å²) < 4.78 is 4.52. The number of carbonyl (C=O) groups excluding carboxylic acids is 1. The molecule has 0 aromatic carbocycles. The summed E-state index contributed by atoms with van der Waals surface area (Å²) in [6, 6.07) is 0. The molecule has 0 aliphatic carbocycles. The maximum Gasteiger partial charge on any atom is 0.335 e. The van der Waals surface area contributed by atoms with E-state index >= 15 is 0 Å². The van der Waals surface area contributed by atoms with E-state index in [-0.39, 0.29) is 6.79 Å². The summed E-state index contributed by atoms with van der Waals surface area (Å²) in [5, 5.41) is 0. The van der Waals surface area contributed by atoms with Crippen molar-refractivity contribution in [3.05, 3.63) is 12.2 Å². The molecule has 0 rings (SSSR count). The van der Waals surface area contributed by atoms with E-state index in [4.69, 9.17) is 0 Å². The number of rotatable bonds is 4. The van der Waals surface area contributed by atoms with E-state index in [2.05, 4.69) is 21.6 Å². The third-order valence-corrected chi connectivity index (χ3v) is 0.742. The Hall–Kier alpha value is -0.870. The van der Waals surface area contributed by atoms with Crippen LogP contribution in [0.25, 0.3) is 0 Å². The summed E-state index contributed by atoms with van der Waals surface area (Å²) in [5.41, 5.74) is 2.72. The molecule has 4 nitrogen and oxygen atoms in total. The van der Waals surface area contributed by atoms with E-state index < -0.39 is 5.97 Å². The summed E-state index contributed by atoms with van der Waals surface area (Å²) in [7, 11) is 1.58. The van der Waals surface area contributed by atoms with Gasteiger partial charge in [-0.15, -0.1) is 0 Å². The molecule has 0 radical (unpaired) electrons. The zero-order valence-electron chi connectivity index (χ0n) is 6.14. The van der Waals surface area contributed by atoms with Crippen LogP contribution in [0.15, 0.2) is 12.2 Å². The van der Waals surface area contributed by atoms with E-state index in [1.54, 1.807) is 14.0 Å². The lowest BCUT2D eigenvalue weighted by Gasteiger charge is -2.02. The van der Waals surface area contributed by atoms with Crippen molar-refractivity contribution in [3.8, 4) is 0 Å². The van der Waals surface area contributed by atoms with Crippen LogP contribution in [0, 0.1) is 0 Å². The highest BCUT2D eigenvalue weighted by molar-refractivity contribution is 5.86. The fourth-order valence-electron chi connectivity index (χ4n) is 0.265. The van der Waals surface area contributed by atoms with Gasteiger partial charge in [0.25, 0.3) is 0 Å². The van der Waals surface area contributed by atoms with Gasteiger partial charge in [-0.2, -0.15) is 0 Å². The standard InChI is InChI=1S/C6H11NO3/c1-5(2)6(8)9-4-10-7-3/h7H,1,4H2,2-3H3. The maximum atomic E-state index is 10.6. The van der Waals surface area contributed by atoms with Crippen LogP contribution in [0.3, 0.4) is 0 Å². The van der Waals surface area contributed by atoms with Gasteiger partial charge in [-0.05, 0) is 6.92 Å². The second-order valence-corrected chi connectivity index (χ2v) is 1.68. The fourth-order valence-corrected chi connectivity index (χ4v) is 0.265. The number of ether oxygens (including phenoxy) is 1. The smallest absolute Gasteiger partial charge is 0.335 e. The first-order valence-electron chi connectivity index (χ1n) is 2.79. The Labute approximate surface area is 59.8 Å². The predicted molar refractivity (Wildman–Crippen MR) is 35.9 cm³/mol. The molecule has 4 heteroatoms. The second-order valence-electron chi connectivity index (χ2n) is 1.68. The maximum absolute atomic E-state index is 10.6. The van der Waals surface area contributed by atoms with Crippen LogP contribution in [0.2, 0.25) is 0 Å². The molecule has 0 atom stereocenters. The molecule has 0 unspecified atom stereocenters. The number of nitrogens with one attached hydrogen (secondary N) is 1. The molecule has 0 aromatic rings. The molecule has 0 spiro atoms. The number of hydrogen-bond donors (Lipinski definition) is 1. The minimum Gasteiger partial charge on any atom is -0.433 e. The monoisotopic (exact) mass is 145 g/mol. The Bertz CT molecular complexity index is 133. The van der Waals surface area contributed by atoms with Crippen molar-refractivity contribution < 1.29 is 14.4 Å². The molecule has 0 aromatic heterocycles. The van der Waals surface area contributed by atoms with Gasteiger partial charge in [0.15, 0.2) is 0 Å². The first-order valence-corrected chi connectivity index (χ1v) is 2.79. The highest BCUT2D eigenvalue weighted by Crippen LogP contribution is 1.90. The fraction of sp³-hybridized carbons (Fsp3) is 0.500. The molecule has 0 fully saturated rings. The minimum absolute atomic E-state index is 0.0950. The van der Waals surface area contributed by atoms with Gasteiger partial charge in [-0.1, -0.05) is 6.58 Å². The van der Waals surface area contributed by atoms with Crippen LogP contribution in [0.4, 0.5) is 0 Å². The van der Waals surface area contributed by atoms with Crippen LogP contribution in [-0.4, -0.2) is 19.8 Å². The van der Waals surface area contributed by atoms with Gasteiger partial charge in [0, 0.05) is 12.6 Å². The zero-order chi connectivity index (χ0) is 7.98. The highest BCUT2D eigenvalue weighted by Gasteiger charge is 2.00. The van der Waals surface area contributed by atoms with Gasteiger partial charge in [-0.25, -0.2) is 10.3 Å². The molecule has 0 heterocycles. The second kappa shape index (κ2) is 4.96. The van der Waals surface area contributed by atoms with Crippen LogP contribution in [0.5, 0.6) is 0 Å². The molecule has 58 valence electrons. The largest absolute Gasteiger partial charge is 0.433 e. The Kier molecular flexibility index (Phi) is 4.53. The van der Waals surface area contributed by atoms with E-state index in [0.717, 1.165) is 0 Å². The Balaban J connectivity index is 3.31. The summed E-state index contributed by atoms with van der Waals surface area (Å²) in [4.78, 5) is 15.1. The number of hydroxylamine groups is 1. The van der Waals surface area contributed by atoms with Crippen LogP contribution in [0.1, 0.15) is 6.92 Å². The van der Waals surface area contributed by atoms with Crippen molar-refractivity contribution in [2.75, 3.05) is 13.8 Å². The lowest BCUT2D eigenvalue weighted by atomic mass is 10.4. The number of hydrogen-bond acceptors (Lipinski definition) is 4. The topological polar surface area (TPSA) is 47.6 Å². The molecule has 0 aliphatic heterocycles. The molecular weight excluding hydrogens is 134 g/mol. The minimum atomic E-state index is -0.449. The molecule has 1 N–H and O–H groups in total. The molecular formula is C6H11NO3. The van der Waals surface area contributed by atoms with Gasteiger partial charge in [0.1, 0.15) is 0 Å². The molecule has 0 bridgehead atoms. The van der Waals surface area contributed by atoms with E-state index in [0.29, 0.717) is 5.57 Å². The van der Waals surface area contributed by atoms with Crippen molar-refractivity contribution in [2.24, 2.45) is 0 Å². The van der Waals surface area contributed by atoms with E-state index in [1.807, 2.05) is 0 Å². The van der Waals surface area contributed by atoms with Crippen LogP contribution < -0.4 is 5.48 Å². The normalized spacial score (nSPS) is 9.00. The van der Waals surface area contributed by atoms with Crippen molar-refractivity contribution in [1.82, 2.24) is 5.48 Å². The third kappa shape index (κ3) is 4.05. The SMILES string of the molecule is C=C(C)C(=O)OCONC. The molecule has 10 heavy (non-hydrogen) atoms. The van der Waals surface area contributed by atoms with Gasteiger partial charge in [-0.3, -0.25) is 4.84 Å². The first-order chi connectivity index (χ1) is 4.68. The average Bonchev–Trinajstić information content (AvgIpc) is 1.88. The Morgan fingerprint density at radius 3 is 2.70 bits per heavy atom. The Morgan fingerprint density at radius 2 is 2.30 bits per heavy atom. The summed E-state index contributed by atoms with van der Waals surface area (Å²) >= 11 is 0. The number of esters is 1. The van der Waals surface area contributed by atoms with Crippen molar-refractivity contribution in [2.45, 2.75) is 6.92 Å². The van der Waals surface area contributed by atoms with Crippen molar-refractivity contribution >= 4 is 5.97 Å². The van der Waals surface area contributed by atoms with Crippen LogP contribution >= 0.6 is 0 Å². The quantitative estimate of drug-likeness (QED) is 0.202. The third-order valence-electron chi connectivity index (χ3n) is 0.742. The highest BCUT2D eigenvalue weighted by atomic mass is 16.8. The average molecular weight is 145 g/mol. The molecule has 0 saturated heterocycles. The predicted octanol–water partition coefficient (Wildman–Crippen LogP) is 0.214. The van der Waals surface area contributed by atoms with Gasteiger partial charge < -0.3 is 4.74 Å². The van der Waals surface area contributed by atoms with Crippen molar-refractivity contribution in [3.63, 3.8) is 0 Å². The van der Waals surface area contributed by atoms with E-state index in [9.17, 15) is 4.79 Å². The number of carbonyl (C=O) groups is 1. The molecule has 0 amide bonds. The van der Waals surface area contributed by atoms with Gasteiger partial charge in [0.2, 0.25) is 6.79 Å². The zero-order valence-corrected chi connectivity index (χ0v) is 6.14. The first kappa shape index (κ1) is 9.13. The van der Waals surface area contributed by atoms with E-state index in [1.165, 1.54) is 0 Å². The van der Waals surface area contributed by atoms with Gasteiger partial charge in [0.05, 0.1) is 0 Å². The summed E-state index contributed by atoms with van der Waals surface area (Å²) in [6.07, 6.45) is 0. The van der Waals surface area contributed by atoms with Crippen LogP contribution in [-0.2, 0) is 14.4 Å². The van der Waals surface area contributed by atoms with Gasteiger partial charge >= 0.3 is 5.97 Å². The lowest BCUT2D eigenvalue weighted by Crippen LogP contribution is -2.14. The summed E-state index contributed by atoms with van der Waals surface area (Å²) in [5.74, 6) is -0.449. The molecule has 0 aliphatic rings. The Morgan fingerprint density at radius 1 is 1.70 bits per heavy atom. The summed E-state index contributed by atoms with van der Waals surface area (Å²) in [6.45, 7) is 4.86. The lowest BCUT2D eigenvalue weighted by molar-refractivity contribution is -0.156.